The molecule has 0 aliphatic rings. The maximum absolute atomic E-state index is 13.9. The van der Waals surface area contributed by atoms with Crippen LogP contribution in [0, 0.1) is 0 Å². The van der Waals surface area contributed by atoms with Gasteiger partial charge in [-0.3, -0.25) is 9.10 Å². The van der Waals surface area contributed by atoms with E-state index in [0.717, 1.165) is 15.6 Å². The number of hydrogen-bond acceptors (Lipinski definition) is 7. The Kier molecular flexibility index (Phi) is 9.71. The number of carbonyl (C=O) groups is 1. The van der Waals surface area contributed by atoms with Crippen molar-refractivity contribution in [2.24, 2.45) is 0 Å². The lowest BCUT2D eigenvalue weighted by molar-refractivity contribution is -0.120. The molecule has 0 saturated carbocycles. The zero-order chi connectivity index (χ0) is 27.9. The maximum Gasteiger partial charge on any atom is 0.265 e. The summed E-state index contributed by atoms with van der Waals surface area (Å²) in [5.74, 6) is 0.999. The van der Waals surface area contributed by atoms with Crippen LogP contribution in [0.25, 0.3) is 0 Å². The van der Waals surface area contributed by atoms with Gasteiger partial charge in [-0.2, -0.15) is 0 Å². The molecule has 0 radical (unpaired) electrons. The molecular weight excluding hydrogens is 532 g/mol. The van der Waals surface area contributed by atoms with Crippen molar-refractivity contribution in [2.45, 2.75) is 24.8 Å². The summed E-state index contributed by atoms with van der Waals surface area (Å²) in [4.78, 5) is 13.1. The second-order valence-electron chi connectivity index (χ2n) is 8.14. The van der Waals surface area contributed by atoms with E-state index in [4.69, 9.17) is 30.5 Å². The Morgan fingerprint density at radius 1 is 0.921 bits per heavy atom. The molecule has 0 spiro atoms. The highest BCUT2D eigenvalue weighted by Crippen LogP contribution is 2.37. The fourth-order valence-electron chi connectivity index (χ4n) is 3.78. The van der Waals surface area contributed by atoms with Crippen molar-refractivity contribution in [3.05, 3.63) is 71.2 Å². The smallest absolute Gasteiger partial charge is 0.265 e. The van der Waals surface area contributed by atoms with E-state index in [1.54, 1.807) is 13.0 Å². The van der Waals surface area contributed by atoms with Crippen LogP contribution >= 0.6 is 11.6 Å². The molecule has 3 aromatic rings. The lowest BCUT2D eigenvalue weighted by Crippen LogP contribution is -2.41. The third kappa shape index (κ3) is 6.62. The number of carbonyl (C=O) groups excluding carboxylic acids is 1. The minimum atomic E-state index is -4.29. The third-order valence-corrected chi connectivity index (χ3v) is 7.70. The van der Waals surface area contributed by atoms with Crippen LogP contribution in [0.2, 0.25) is 5.02 Å². The maximum atomic E-state index is 13.9. The summed E-state index contributed by atoms with van der Waals surface area (Å²) < 4.78 is 50.2. The van der Waals surface area contributed by atoms with E-state index >= 15 is 0 Å². The van der Waals surface area contributed by atoms with E-state index in [9.17, 15) is 13.2 Å². The molecule has 9 nitrogen and oxygen atoms in total. The van der Waals surface area contributed by atoms with Gasteiger partial charge in [0.05, 0.1) is 44.6 Å². The second-order valence-corrected chi connectivity index (χ2v) is 10.4. The van der Waals surface area contributed by atoms with E-state index in [1.807, 2.05) is 31.2 Å². The lowest BCUT2D eigenvalue weighted by Gasteiger charge is -2.27. The van der Waals surface area contributed by atoms with Gasteiger partial charge in [-0.15, -0.1) is 0 Å². The molecule has 38 heavy (non-hydrogen) atoms. The van der Waals surface area contributed by atoms with E-state index in [-0.39, 0.29) is 27.1 Å². The number of hydrogen-bond donors (Lipinski definition) is 1. The van der Waals surface area contributed by atoms with Crippen LogP contribution in [0.5, 0.6) is 23.0 Å². The SMILES string of the molecule is CCOc1ccc([C@@H](C)NC(=O)CN(c2cc(Cl)ccc2OC)S(=O)(=O)c2ccc(OC)c(OC)c2)cc1. The van der Waals surface area contributed by atoms with Crippen molar-refractivity contribution in [2.75, 3.05) is 38.8 Å². The topological polar surface area (TPSA) is 103 Å². The van der Waals surface area contributed by atoms with Crippen LogP contribution in [0.4, 0.5) is 5.69 Å². The Labute approximate surface area is 228 Å². The molecule has 0 bridgehead atoms. The van der Waals surface area contributed by atoms with Crippen LogP contribution in [-0.4, -0.2) is 48.8 Å². The molecule has 0 aromatic heterocycles. The molecule has 1 N–H and O–H groups in total. The minimum Gasteiger partial charge on any atom is -0.495 e. The van der Waals surface area contributed by atoms with Crippen LogP contribution in [0.1, 0.15) is 25.5 Å². The first-order chi connectivity index (χ1) is 18.1. The standard InChI is InChI=1S/C27H31ClN2O7S/c1-6-37-21-10-7-19(8-11-21)18(2)29-27(31)17-30(23-15-20(28)9-13-24(23)34-3)38(32,33)22-12-14-25(35-4)26(16-22)36-5/h7-16,18H,6,17H2,1-5H3,(H,29,31)/t18-/m1/s1. The van der Waals surface area contributed by atoms with Crippen molar-refractivity contribution in [1.82, 2.24) is 5.32 Å². The normalized spacial score (nSPS) is 11.8. The average molecular weight is 563 g/mol. The molecule has 0 unspecified atom stereocenters. The summed E-state index contributed by atoms with van der Waals surface area (Å²) >= 11 is 6.21. The van der Waals surface area contributed by atoms with Crippen LogP contribution < -0.4 is 28.6 Å². The van der Waals surface area contributed by atoms with Crippen molar-refractivity contribution >= 4 is 33.2 Å². The number of nitrogens with one attached hydrogen (secondary N) is 1. The number of methoxy groups -OCH3 is 3. The van der Waals surface area contributed by atoms with Gasteiger partial charge >= 0.3 is 0 Å². The first-order valence-corrected chi connectivity index (χ1v) is 13.6. The Bertz CT molecular complexity index is 1360. The molecule has 1 amide bonds. The number of halogens is 1. The molecule has 11 heteroatoms. The first-order valence-electron chi connectivity index (χ1n) is 11.7. The summed E-state index contributed by atoms with van der Waals surface area (Å²) in [6.07, 6.45) is 0. The molecule has 0 saturated heterocycles. The molecule has 0 heterocycles. The highest BCUT2D eigenvalue weighted by molar-refractivity contribution is 7.92. The van der Waals surface area contributed by atoms with Gasteiger partial charge in [-0.05, 0) is 61.9 Å². The molecule has 0 aliphatic carbocycles. The Morgan fingerprint density at radius 3 is 2.16 bits per heavy atom. The largest absolute Gasteiger partial charge is 0.495 e. The van der Waals surface area contributed by atoms with E-state index in [1.165, 1.54) is 51.7 Å². The van der Waals surface area contributed by atoms with Gasteiger partial charge in [-0.25, -0.2) is 8.42 Å². The molecule has 1 atom stereocenters. The van der Waals surface area contributed by atoms with Crippen molar-refractivity contribution in [3.8, 4) is 23.0 Å². The van der Waals surface area contributed by atoms with E-state index < -0.39 is 28.5 Å². The van der Waals surface area contributed by atoms with Gasteiger partial charge in [0.2, 0.25) is 5.91 Å². The highest BCUT2D eigenvalue weighted by Gasteiger charge is 2.31. The molecule has 204 valence electrons. The van der Waals surface area contributed by atoms with Crippen LogP contribution in [0.3, 0.4) is 0 Å². The van der Waals surface area contributed by atoms with Crippen molar-refractivity contribution in [1.29, 1.82) is 0 Å². The molecular formula is C27H31ClN2O7S. The van der Waals surface area contributed by atoms with Gasteiger partial charge in [0.15, 0.2) is 11.5 Å². The number of anilines is 1. The van der Waals surface area contributed by atoms with Gasteiger partial charge in [0.25, 0.3) is 10.0 Å². The number of rotatable bonds is 12. The quantitative estimate of drug-likeness (QED) is 0.337. The molecule has 0 fully saturated rings. The van der Waals surface area contributed by atoms with Gasteiger partial charge < -0.3 is 24.3 Å². The summed E-state index contributed by atoms with van der Waals surface area (Å²) in [6, 6.07) is 15.6. The zero-order valence-corrected chi connectivity index (χ0v) is 23.4. The average Bonchev–Trinajstić information content (AvgIpc) is 2.91. The predicted octanol–water partition coefficient (Wildman–Crippen LogP) is 4.84. The van der Waals surface area contributed by atoms with Crippen molar-refractivity contribution < 1.29 is 32.2 Å². The van der Waals surface area contributed by atoms with Gasteiger partial charge in [0.1, 0.15) is 18.0 Å². The number of benzene rings is 3. The summed E-state index contributed by atoms with van der Waals surface area (Å²) in [5.41, 5.74) is 0.940. The van der Waals surface area contributed by atoms with E-state index in [2.05, 4.69) is 5.32 Å². The minimum absolute atomic E-state index is 0.107. The fourth-order valence-corrected chi connectivity index (χ4v) is 5.39. The highest BCUT2D eigenvalue weighted by atomic mass is 35.5. The summed E-state index contributed by atoms with van der Waals surface area (Å²) in [6.45, 7) is 3.71. The molecule has 0 aliphatic heterocycles. The molecule has 3 rings (SSSR count). The summed E-state index contributed by atoms with van der Waals surface area (Å²) in [7, 11) is -0.0280. The predicted molar refractivity (Wildman–Crippen MR) is 146 cm³/mol. The lowest BCUT2D eigenvalue weighted by atomic mass is 10.1. The number of sulfonamides is 1. The Morgan fingerprint density at radius 2 is 1.55 bits per heavy atom. The summed E-state index contributed by atoms with van der Waals surface area (Å²) in [5, 5.41) is 3.13. The second kappa shape index (κ2) is 12.7. The number of nitrogens with zero attached hydrogens (tertiary/aromatic N) is 1. The van der Waals surface area contributed by atoms with E-state index in [0.29, 0.717) is 12.4 Å². The van der Waals surface area contributed by atoms with Gasteiger partial charge in [-0.1, -0.05) is 23.7 Å². The van der Waals surface area contributed by atoms with Crippen molar-refractivity contribution in [3.63, 3.8) is 0 Å². The van der Waals surface area contributed by atoms with Crippen LogP contribution in [-0.2, 0) is 14.8 Å². The van der Waals surface area contributed by atoms with Gasteiger partial charge in [0, 0.05) is 11.1 Å². The fraction of sp³-hybridized carbons (Fsp3) is 0.296. The number of ether oxygens (including phenoxy) is 4. The number of amides is 1. The third-order valence-electron chi connectivity index (χ3n) is 5.71. The van der Waals surface area contributed by atoms with Crippen LogP contribution in [0.15, 0.2) is 65.6 Å². The monoisotopic (exact) mass is 562 g/mol. The first kappa shape index (κ1) is 28.9. The Balaban J connectivity index is 1.97. The zero-order valence-electron chi connectivity index (χ0n) is 21.9. The molecule has 3 aromatic carbocycles. The Hall–Kier alpha value is -3.63.